The number of fused-ring (bicyclic) bond motifs is 1. The van der Waals surface area contributed by atoms with Crippen LogP contribution in [-0.4, -0.2) is 27.4 Å². The van der Waals surface area contributed by atoms with Crippen molar-refractivity contribution < 1.29 is 0 Å². The van der Waals surface area contributed by atoms with Crippen LogP contribution in [0.5, 0.6) is 0 Å². The lowest BCUT2D eigenvalue weighted by Gasteiger charge is -2.15. The van der Waals surface area contributed by atoms with Gasteiger partial charge in [0, 0.05) is 18.4 Å². The maximum Gasteiger partial charge on any atom is 0.137 e. The van der Waals surface area contributed by atoms with Crippen LogP contribution >= 0.6 is 0 Å². The summed E-state index contributed by atoms with van der Waals surface area (Å²) < 4.78 is 2.15. The summed E-state index contributed by atoms with van der Waals surface area (Å²) in [5, 5.41) is 0. The van der Waals surface area contributed by atoms with Crippen LogP contribution in [0.3, 0.4) is 0 Å². The molecule has 0 bridgehead atoms. The van der Waals surface area contributed by atoms with Gasteiger partial charge in [0.2, 0.25) is 0 Å². The summed E-state index contributed by atoms with van der Waals surface area (Å²) in [4.78, 5) is 7.00. The molecule has 2 heterocycles. The van der Waals surface area contributed by atoms with Crippen LogP contribution in [-0.2, 0) is 6.54 Å². The van der Waals surface area contributed by atoms with E-state index in [2.05, 4.69) is 59.5 Å². The Hall–Kier alpha value is -1.35. The molecule has 0 N–H and O–H groups in total. The average Bonchev–Trinajstić information content (AvgIpc) is 2.70. The van der Waals surface area contributed by atoms with Crippen LogP contribution in [0.25, 0.3) is 5.65 Å². The molecule has 0 saturated carbocycles. The van der Waals surface area contributed by atoms with Gasteiger partial charge < -0.3 is 4.40 Å². The molecule has 0 unspecified atom stereocenters. The Morgan fingerprint density at radius 3 is 2.62 bits per heavy atom. The van der Waals surface area contributed by atoms with Gasteiger partial charge in [0.05, 0.1) is 5.69 Å². The summed E-state index contributed by atoms with van der Waals surface area (Å²) >= 11 is 0. The third kappa shape index (κ3) is 2.09. The highest BCUT2D eigenvalue weighted by molar-refractivity contribution is 5.41. The van der Waals surface area contributed by atoms with Crippen LogP contribution in [0.4, 0.5) is 0 Å². The van der Waals surface area contributed by atoms with Gasteiger partial charge in [0.1, 0.15) is 5.65 Å². The van der Waals surface area contributed by atoms with E-state index in [1.165, 1.54) is 5.69 Å². The molecule has 0 atom stereocenters. The molecule has 0 radical (unpaired) electrons. The Morgan fingerprint density at radius 1 is 1.25 bits per heavy atom. The monoisotopic (exact) mass is 217 g/mol. The van der Waals surface area contributed by atoms with E-state index in [9.17, 15) is 0 Å². The zero-order valence-electron chi connectivity index (χ0n) is 10.3. The van der Waals surface area contributed by atoms with E-state index in [4.69, 9.17) is 0 Å². The highest BCUT2D eigenvalue weighted by Gasteiger charge is 2.06. The quantitative estimate of drug-likeness (QED) is 0.784. The fourth-order valence-corrected chi connectivity index (χ4v) is 1.95. The number of hydrogen-bond donors (Lipinski definition) is 0. The minimum absolute atomic E-state index is 0.939. The third-order valence-electron chi connectivity index (χ3n) is 3.03. The van der Waals surface area contributed by atoms with Crippen LogP contribution in [0.15, 0.2) is 24.4 Å². The van der Waals surface area contributed by atoms with Crippen LogP contribution < -0.4 is 0 Å². The van der Waals surface area contributed by atoms with Gasteiger partial charge >= 0.3 is 0 Å². The molecule has 2 aromatic rings. The molecule has 0 aliphatic rings. The van der Waals surface area contributed by atoms with Gasteiger partial charge in [-0.25, -0.2) is 4.98 Å². The van der Waals surface area contributed by atoms with E-state index in [1.54, 1.807) is 0 Å². The smallest absolute Gasteiger partial charge is 0.137 e. The average molecular weight is 217 g/mol. The summed E-state index contributed by atoms with van der Waals surface area (Å²) in [6.07, 6.45) is 2.14. The first-order valence-electron chi connectivity index (χ1n) is 5.90. The Balaban J connectivity index is 2.29. The molecule has 0 spiro atoms. The van der Waals surface area contributed by atoms with Gasteiger partial charge in [-0.3, -0.25) is 4.90 Å². The molecular formula is C13H19N3. The van der Waals surface area contributed by atoms with Crippen molar-refractivity contribution in [3.63, 3.8) is 0 Å². The van der Waals surface area contributed by atoms with E-state index in [0.29, 0.717) is 0 Å². The number of aryl methyl sites for hydroxylation is 1. The van der Waals surface area contributed by atoms with Gasteiger partial charge in [0.15, 0.2) is 0 Å². The fourth-order valence-electron chi connectivity index (χ4n) is 1.95. The van der Waals surface area contributed by atoms with Gasteiger partial charge in [-0.2, -0.15) is 0 Å². The second-order valence-electron chi connectivity index (χ2n) is 4.09. The molecule has 0 fully saturated rings. The van der Waals surface area contributed by atoms with E-state index in [1.807, 2.05) is 0 Å². The molecule has 3 heteroatoms. The number of imidazole rings is 1. The summed E-state index contributed by atoms with van der Waals surface area (Å²) in [5.74, 6) is 0. The number of aromatic nitrogens is 2. The Kier molecular flexibility index (Phi) is 3.25. The van der Waals surface area contributed by atoms with Gasteiger partial charge in [-0.1, -0.05) is 19.9 Å². The molecule has 0 amide bonds. The largest absolute Gasteiger partial charge is 0.304 e. The van der Waals surface area contributed by atoms with Crippen molar-refractivity contribution in [1.29, 1.82) is 0 Å². The van der Waals surface area contributed by atoms with Gasteiger partial charge in [0.25, 0.3) is 0 Å². The minimum atomic E-state index is 0.939. The van der Waals surface area contributed by atoms with Crippen molar-refractivity contribution in [1.82, 2.24) is 14.3 Å². The van der Waals surface area contributed by atoms with Crippen molar-refractivity contribution in [2.75, 3.05) is 13.1 Å². The molecule has 3 nitrogen and oxygen atoms in total. The van der Waals surface area contributed by atoms with Crippen molar-refractivity contribution in [3.05, 3.63) is 35.8 Å². The minimum Gasteiger partial charge on any atom is -0.304 e. The Labute approximate surface area is 96.7 Å². The lowest BCUT2D eigenvalue weighted by atomic mass is 10.4. The highest BCUT2D eigenvalue weighted by atomic mass is 15.1. The number of rotatable bonds is 4. The highest BCUT2D eigenvalue weighted by Crippen LogP contribution is 2.10. The molecule has 0 aliphatic heterocycles. The van der Waals surface area contributed by atoms with Crippen molar-refractivity contribution >= 4 is 5.65 Å². The van der Waals surface area contributed by atoms with E-state index < -0.39 is 0 Å². The SMILES string of the molecule is CCN(CC)Cc1cn2c(C)cccc2n1. The lowest BCUT2D eigenvalue weighted by Crippen LogP contribution is -2.22. The second kappa shape index (κ2) is 4.66. The molecule has 16 heavy (non-hydrogen) atoms. The number of pyridine rings is 1. The molecule has 0 aliphatic carbocycles. The molecule has 2 aromatic heterocycles. The predicted octanol–water partition coefficient (Wildman–Crippen LogP) is 2.48. The van der Waals surface area contributed by atoms with Gasteiger partial charge in [-0.15, -0.1) is 0 Å². The summed E-state index contributed by atoms with van der Waals surface area (Å²) in [7, 11) is 0. The second-order valence-corrected chi connectivity index (χ2v) is 4.09. The molecule has 0 saturated heterocycles. The number of hydrogen-bond acceptors (Lipinski definition) is 2. The fraction of sp³-hybridized carbons (Fsp3) is 0.462. The van der Waals surface area contributed by atoms with Crippen LogP contribution in [0, 0.1) is 6.92 Å². The van der Waals surface area contributed by atoms with Crippen molar-refractivity contribution in [3.8, 4) is 0 Å². The van der Waals surface area contributed by atoms with Crippen LogP contribution in [0.1, 0.15) is 25.2 Å². The first-order valence-corrected chi connectivity index (χ1v) is 5.90. The molecule has 86 valence electrons. The first-order chi connectivity index (χ1) is 7.74. The van der Waals surface area contributed by atoms with Crippen molar-refractivity contribution in [2.45, 2.75) is 27.3 Å². The van der Waals surface area contributed by atoms with E-state index in [0.717, 1.165) is 31.0 Å². The predicted molar refractivity (Wildman–Crippen MR) is 66.6 cm³/mol. The maximum atomic E-state index is 4.63. The number of nitrogens with zero attached hydrogens (tertiary/aromatic N) is 3. The summed E-state index contributed by atoms with van der Waals surface area (Å²) in [6, 6.07) is 6.22. The Morgan fingerprint density at radius 2 is 2.00 bits per heavy atom. The standard InChI is InChI=1S/C13H19N3/c1-4-15(5-2)9-12-10-16-11(3)7-6-8-13(16)14-12/h6-8,10H,4-5,9H2,1-3H3. The van der Waals surface area contributed by atoms with Gasteiger partial charge in [-0.05, 0) is 32.1 Å². The molecule has 0 aromatic carbocycles. The molecular weight excluding hydrogens is 198 g/mol. The third-order valence-corrected chi connectivity index (χ3v) is 3.03. The van der Waals surface area contributed by atoms with E-state index >= 15 is 0 Å². The lowest BCUT2D eigenvalue weighted by molar-refractivity contribution is 0.293. The topological polar surface area (TPSA) is 20.5 Å². The summed E-state index contributed by atoms with van der Waals surface area (Å²) in [6.45, 7) is 9.56. The summed E-state index contributed by atoms with van der Waals surface area (Å²) in [5.41, 5.74) is 3.43. The molecule has 2 rings (SSSR count). The van der Waals surface area contributed by atoms with Crippen molar-refractivity contribution in [2.24, 2.45) is 0 Å². The maximum absolute atomic E-state index is 4.63. The van der Waals surface area contributed by atoms with E-state index in [-0.39, 0.29) is 0 Å². The zero-order valence-corrected chi connectivity index (χ0v) is 10.3. The first kappa shape index (κ1) is 11.1. The normalized spacial score (nSPS) is 11.5. The Bertz CT molecular complexity index is 469. The zero-order chi connectivity index (χ0) is 11.5. The van der Waals surface area contributed by atoms with Crippen LogP contribution in [0.2, 0.25) is 0 Å².